The van der Waals surface area contributed by atoms with Gasteiger partial charge in [-0.2, -0.15) is 0 Å². The van der Waals surface area contributed by atoms with Crippen LogP contribution in [0, 0.1) is 11.3 Å². The third-order valence-corrected chi connectivity index (χ3v) is 3.25. The lowest BCUT2D eigenvalue weighted by Crippen LogP contribution is -2.43. The Balaban J connectivity index is 3.81. The summed E-state index contributed by atoms with van der Waals surface area (Å²) in [7, 11) is 0. The molecule has 0 fully saturated rings. The lowest BCUT2D eigenvalue weighted by Gasteiger charge is -2.25. The Bertz CT molecular complexity index is 203. The van der Waals surface area contributed by atoms with Gasteiger partial charge in [-0.25, -0.2) is 0 Å². The fourth-order valence-corrected chi connectivity index (χ4v) is 1.35. The third kappa shape index (κ3) is 4.94. The topological polar surface area (TPSA) is 75.4 Å². The second kappa shape index (κ2) is 7.63. The molecule has 0 saturated heterocycles. The lowest BCUT2D eigenvalue weighted by molar-refractivity contribution is -0.129. The minimum Gasteiger partial charge on any atom is -0.396 e. The molecule has 4 heteroatoms. The van der Waals surface area contributed by atoms with E-state index in [1.807, 2.05) is 20.8 Å². The Hall–Kier alpha value is -0.610. The molecule has 4 N–H and O–H groups in total. The molecule has 16 heavy (non-hydrogen) atoms. The summed E-state index contributed by atoms with van der Waals surface area (Å²) in [5.41, 5.74) is 5.16. The summed E-state index contributed by atoms with van der Waals surface area (Å²) in [6.45, 7) is 7.11. The summed E-state index contributed by atoms with van der Waals surface area (Å²) in [5.74, 6) is 0.345. The van der Waals surface area contributed by atoms with Gasteiger partial charge in [0.2, 0.25) is 5.91 Å². The highest BCUT2D eigenvalue weighted by Crippen LogP contribution is 2.18. The SMILES string of the molecule is CCC(C)(CN)C(=O)NCCCC(C)CO. The van der Waals surface area contributed by atoms with Gasteiger partial charge in [0, 0.05) is 19.7 Å². The van der Waals surface area contributed by atoms with Gasteiger partial charge >= 0.3 is 0 Å². The van der Waals surface area contributed by atoms with Crippen LogP contribution >= 0.6 is 0 Å². The Morgan fingerprint density at radius 2 is 2.19 bits per heavy atom. The molecular formula is C12H26N2O2. The summed E-state index contributed by atoms with van der Waals surface area (Å²) < 4.78 is 0. The number of hydrogen-bond donors (Lipinski definition) is 3. The highest BCUT2D eigenvalue weighted by molar-refractivity contribution is 5.82. The summed E-state index contributed by atoms with van der Waals surface area (Å²) in [5, 5.41) is 11.7. The summed E-state index contributed by atoms with van der Waals surface area (Å²) in [6, 6.07) is 0. The van der Waals surface area contributed by atoms with Crippen molar-refractivity contribution in [1.29, 1.82) is 0 Å². The summed E-state index contributed by atoms with van der Waals surface area (Å²) in [6.07, 6.45) is 2.59. The standard InChI is InChI=1S/C12H26N2O2/c1-4-12(3,9-13)11(16)14-7-5-6-10(2)8-15/h10,15H,4-9,13H2,1-3H3,(H,14,16). The Morgan fingerprint density at radius 3 is 2.62 bits per heavy atom. The number of nitrogens with two attached hydrogens (primary N) is 1. The molecule has 0 aromatic rings. The molecule has 96 valence electrons. The van der Waals surface area contributed by atoms with E-state index >= 15 is 0 Å². The van der Waals surface area contributed by atoms with Gasteiger partial charge in [0.05, 0.1) is 5.41 Å². The number of amides is 1. The quantitative estimate of drug-likeness (QED) is 0.542. The molecule has 0 spiro atoms. The first-order valence-corrected chi connectivity index (χ1v) is 6.09. The van der Waals surface area contributed by atoms with Crippen molar-refractivity contribution in [3.8, 4) is 0 Å². The minimum atomic E-state index is -0.442. The van der Waals surface area contributed by atoms with Gasteiger partial charge in [0.25, 0.3) is 0 Å². The van der Waals surface area contributed by atoms with Crippen LogP contribution in [0.5, 0.6) is 0 Å². The smallest absolute Gasteiger partial charge is 0.227 e. The Kier molecular flexibility index (Phi) is 7.34. The molecule has 0 aromatic carbocycles. The summed E-state index contributed by atoms with van der Waals surface area (Å²) >= 11 is 0. The van der Waals surface area contributed by atoms with Gasteiger partial charge in [-0.1, -0.05) is 13.8 Å². The molecule has 0 saturated carbocycles. The Morgan fingerprint density at radius 1 is 1.56 bits per heavy atom. The van der Waals surface area contributed by atoms with Crippen LogP contribution in [0.3, 0.4) is 0 Å². The van der Waals surface area contributed by atoms with Crippen LogP contribution in [0.2, 0.25) is 0 Å². The van der Waals surface area contributed by atoms with E-state index in [1.54, 1.807) is 0 Å². The molecule has 0 bridgehead atoms. The van der Waals surface area contributed by atoms with E-state index in [2.05, 4.69) is 5.32 Å². The molecule has 0 aliphatic carbocycles. The van der Waals surface area contributed by atoms with Crippen LogP contribution in [0.1, 0.15) is 40.0 Å². The van der Waals surface area contributed by atoms with Crippen molar-refractivity contribution in [2.45, 2.75) is 40.0 Å². The van der Waals surface area contributed by atoms with Gasteiger partial charge in [0.15, 0.2) is 0 Å². The average Bonchev–Trinajstić information content (AvgIpc) is 2.32. The van der Waals surface area contributed by atoms with Crippen molar-refractivity contribution in [2.24, 2.45) is 17.1 Å². The van der Waals surface area contributed by atoms with Gasteiger partial charge < -0.3 is 16.2 Å². The van der Waals surface area contributed by atoms with E-state index < -0.39 is 5.41 Å². The molecular weight excluding hydrogens is 204 g/mol. The zero-order valence-corrected chi connectivity index (χ0v) is 10.8. The van der Waals surface area contributed by atoms with E-state index in [-0.39, 0.29) is 12.5 Å². The predicted molar refractivity (Wildman–Crippen MR) is 65.9 cm³/mol. The zero-order chi connectivity index (χ0) is 12.6. The third-order valence-electron chi connectivity index (χ3n) is 3.25. The first-order valence-electron chi connectivity index (χ1n) is 6.09. The van der Waals surface area contributed by atoms with Crippen molar-refractivity contribution in [2.75, 3.05) is 19.7 Å². The van der Waals surface area contributed by atoms with Crippen LogP contribution < -0.4 is 11.1 Å². The van der Waals surface area contributed by atoms with E-state index in [1.165, 1.54) is 0 Å². The Labute approximate surface area is 98.6 Å². The maximum Gasteiger partial charge on any atom is 0.227 e. The first kappa shape index (κ1) is 15.4. The van der Waals surface area contributed by atoms with Crippen LogP contribution in [0.15, 0.2) is 0 Å². The summed E-state index contributed by atoms with van der Waals surface area (Å²) in [4.78, 5) is 11.8. The number of aliphatic hydroxyl groups is 1. The van der Waals surface area contributed by atoms with Gasteiger partial charge in [-0.15, -0.1) is 0 Å². The number of hydrogen-bond acceptors (Lipinski definition) is 3. The molecule has 0 aliphatic rings. The molecule has 0 rings (SSSR count). The number of aliphatic hydroxyl groups excluding tert-OH is 1. The van der Waals surface area contributed by atoms with Gasteiger partial charge in [-0.3, -0.25) is 4.79 Å². The van der Waals surface area contributed by atoms with Crippen LogP contribution in [0.4, 0.5) is 0 Å². The van der Waals surface area contributed by atoms with Crippen molar-refractivity contribution in [3.05, 3.63) is 0 Å². The monoisotopic (exact) mass is 230 g/mol. The lowest BCUT2D eigenvalue weighted by atomic mass is 9.86. The van der Waals surface area contributed by atoms with Crippen molar-refractivity contribution >= 4 is 5.91 Å². The van der Waals surface area contributed by atoms with Crippen LogP contribution in [-0.4, -0.2) is 30.7 Å². The minimum absolute atomic E-state index is 0.0363. The highest BCUT2D eigenvalue weighted by atomic mass is 16.3. The number of carbonyl (C=O) groups is 1. The largest absolute Gasteiger partial charge is 0.396 e. The number of rotatable bonds is 8. The second-order valence-corrected chi connectivity index (χ2v) is 4.80. The van der Waals surface area contributed by atoms with Gasteiger partial charge in [0.1, 0.15) is 0 Å². The fourth-order valence-electron chi connectivity index (χ4n) is 1.35. The fraction of sp³-hybridized carbons (Fsp3) is 0.917. The maximum absolute atomic E-state index is 11.8. The van der Waals surface area contributed by atoms with E-state index in [0.717, 1.165) is 19.3 Å². The van der Waals surface area contributed by atoms with Crippen LogP contribution in [-0.2, 0) is 4.79 Å². The predicted octanol–water partition coefficient (Wildman–Crippen LogP) is 0.886. The zero-order valence-electron chi connectivity index (χ0n) is 10.8. The molecule has 0 aliphatic heterocycles. The van der Waals surface area contributed by atoms with Gasteiger partial charge in [-0.05, 0) is 32.1 Å². The van der Waals surface area contributed by atoms with Crippen molar-refractivity contribution in [3.63, 3.8) is 0 Å². The molecule has 0 aromatic heterocycles. The molecule has 0 radical (unpaired) electrons. The van der Waals surface area contributed by atoms with Crippen molar-refractivity contribution in [1.82, 2.24) is 5.32 Å². The van der Waals surface area contributed by atoms with E-state index in [9.17, 15) is 4.79 Å². The number of carbonyl (C=O) groups excluding carboxylic acids is 1. The molecule has 2 atom stereocenters. The molecule has 1 amide bonds. The maximum atomic E-state index is 11.8. The van der Waals surface area contributed by atoms with Crippen LogP contribution in [0.25, 0.3) is 0 Å². The second-order valence-electron chi connectivity index (χ2n) is 4.80. The van der Waals surface area contributed by atoms with E-state index in [0.29, 0.717) is 19.0 Å². The number of nitrogens with one attached hydrogen (secondary N) is 1. The average molecular weight is 230 g/mol. The van der Waals surface area contributed by atoms with E-state index in [4.69, 9.17) is 10.8 Å². The van der Waals surface area contributed by atoms with Crippen molar-refractivity contribution < 1.29 is 9.90 Å². The molecule has 4 nitrogen and oxygen atoms in total. The highest BCUT2D eigenvalue weighted by Gasteiger charge is 2.28. The molecule has 0 heterocycles. The first-order chi connectivity index (χ1) is 7.50. The normalized spacial score (nSPS) is 16.6. The molecule has 2 unspecified atom stereocenters.